The summed E-state index contributed by atoms with van der Waals surface area (Å²) < 4.78 is 5.63. The molecule has 0 saturated carbocycles. The maximum absolute atomic E-state index is 7.12. The molecule has 0 amide bonds. The topological polar surface area (TPSA) is 49.7 Å². The third-order valence-electron chi connectivity index (χ3n) is 2.62. The quantitative estimate of drug-likeness (QED) is 0.810. The molecule has 1 rings (SSSR count). The fourth-order valence-corrected chi connectivity index (χ4v) is 1.66. The van der Waals surface area contributed by atoms with Gasteiger partial charge in [-0.25, -0.2) is 0 Å². The molecule has 2 N–H and O–H groups in total. The molecule has 4 heteroatoms. The summed E-state index contributed by atoms with van der Waals surface area (Å²) in [5.74, 6) is 2.14. The van der Waals surface area contributed by atoms with Crippen LogP contribution in [0, 0.1) is 0 Å². The van der Waals surface area contributed by atoms with Gasteiger partial charge in [0.05, 0.1) is 6.61 Å². The van der Waals surface area contributed by atoms with Crippen molar-refractivity contribution in [3.63, 3.8) is 0 Å². The molecule has 0 aliphatic heterocycles. The van der Waals surface area contributed by atoms with Gasteiger partial charge in [0.25, 0.3) is 0 Å². The number of rotatable bonds is 4. The molecule has 3 nitrogen and oxygen atoms in total. The molecule has 0 atom stereocenters. The Labute approximate surface area is 111 Å². The molecule has 1 aromatic carbocycles. The summed E-state index contributed by atoms with van der Waals surface area (Å²) in [7, 11) is -0.750. The van der Waals surface area contributed by atoms with Crippen LogP contribution in [0.2, 0.25) is 0 Å². The number of hydrogen-bond donors (Lipinski definition) is 2. The normalized spacial score (nSPS) is 10.1. The predicted octanol–water partition coefficient (Wildman–Crippen LogP) is 2.57. The largest absolute Gasteiger partial charge is 0.494 e. The van der Waals surface area contributed by atoms with Crippen LogP contribution in [0.5, 0.6) is 5.75 Å². The molecule has 0 unspecified atom stereocenters. The van der Waals surface area contributed by atoms with Crippen LogP contribution in [0.15, 0.2) is 18.2 Å². The van der Waals surface area contributed by atoms with Crippen LogP contribution in [0.3, 0.4) is 0 Å². The Balaban J connectivity index is 0.000000873. The molecule has 0 aromatic heterocycles. The first-order chi connectivity index (χ1) is 8.47. The molecule has 0 radical (unpaired) electrons. The van der Waals surface area contributed by atoms with E-state index in [1.165, 1.54) is 11.1 Å². The third-order valence-corrected chi connectivity index (χ3v) is 2.62. The van der Waals surface area contributed by atoms with Crippen LogP contribution in [0.1, 0.15) is 57.6 Å². The van der Waals surface area contributed by atoms with E-state index in [1.54, 1.807) is 0 Å². The highest BCUT2D eigenvalue weighted by Gasteiger charge is 2.10. The van der Waals surface area contributed by atoms with Gasteiger partial charge >= 0.3 is 7.69 Å². The van der Waals surface area contributed by atoms with Crippen molar-refractivity contribution in [1.29, 1.82) is 0 Å². The molecule has 0 fully saturated rings. The van der Waals surface area contributed by atoms with Crippen LogP contribution >= 0.6 is 0 Å². The number of benzene rings is 1. The van der Waals surface area contributed by atoms with Gasteiger partial charge in [0.15, 0.2) is 0 Å². The lowest BCUT2D eigenvalue weighted by molar-refractivity contribution is 0.335. The van der Waals surface area contributed by atoms with E-state index in [1.807, 2.05) is 6.92 Å². The van der Waals surface area contributed by atoms with Crippen LogP contribution in [-0.2, 0) is 0 Å². The first-order valence-corrected chi connectivity index (χ1v) is 6.46. The van der Waals surface area contributed by atoms with Gasteiger partial charge in [0.1, 0.15) is 5.75 Å². The van der Waals surface area contributed by atoms with Crippen LogP contribution in [0.25, 0.3) is 0 Å². The van der Waals surface area contributed by atoms with Gasteiger partial charge in [0.2, 0.25) is 0 Å². The van der Waals surface area contributed by atoms with Crippen LogP contribution < -0.4 is 4.74 Å². The lowest BCUT2D eigenvalue weighted by Crippen LogP contribution is -2.00. The zero-order valence-corrected chi connectivity index (χ0v) is 12.1. The molecule has 0 spiro atoms. The molecule has 0 aliphatic carbocycles. The molecule has 1 aromatic rings. The van der Waals surface area contributed by atoms with Gasteiger partial charge < -0.3 is 14.8 Å². The SMILES string of the molecule is CCOc1ccc(C(C)C)cc1C(C)C.OBO. The third kappa shape index (κ3) is 5.56. The lowest BCUT2D eigenvalue weighted by atomic mass is 9.95. The minimum Gasteiger partial charge on any atom is -0.494 e. The van der Waals surface area contributed by atoms with Crippen molar-refractivity contribution in [2.24, 2.45) is 0 Å². The molecular weight excluding hydrogens is 227 g/mol. The summed E-state index contributed by atoms with van der Waals surface area (Å²) in [5.41, 5.74) is 2.71. The number of hydrogen-bond acceptors (Lipinski definition) is 3. The van der Waals surface area contributed by atoms with E-state index in [2.05, 4.69) is 45.9 Å². The molecule has 0 aliphatic rings. The minimum atomic E-state index is -0.750. The zero-order chi connectivity index (χ0) is 14.1. The van der Waals surface area contributed by atoms with Crippen molar-refractivity contribution in [3.05, 3.63) is 29.3 Å². The first-order valence-electron chi connectivity index (χ1n) is 6.46. The summed E-state index contributed by atoms with van der Waals surface area (Å²) in [5, 5.41) is 14.2. The summed E-state index contributed by atoms with van der Waals surface area (Å²) >= 11 is 0. The summed E-state index contributed by atoms with van der Waals surface area (Å²) in [6.07, 6.45) is 0. The second-order valence-corrected chi connectivity index (χ2v) is 4.68. The van der Waals surface area contributed by atoms with E-state index >= 15 is 0 Å². The molecule has 0 bridgehead atoms. The Morgan fingerprint density at radius 3 is 2.06 bits per heavy atom. The van der Waals surface area contributed by atoms with Crippen molar-refractivity contribution in [2.75, 3.05) is 6.61 Å². The minimum absolute atomic E-state index is 0.519. The second kappa shape index (κ2) is 9.00. The van der Waals surface area contributed by atoms with Crippen molar-refractivity contribution in [3.8, 4) is 5.75 Å². The maximum Gasteiger partial charge on any atom is 0.432 e. The lowest BCUT2D eigenvalue weighted by Gasteiger charge is -2.16. The Morgan fingerprint density at radius 2 is 1.67 bits per heavy atom. The predicted molar refractivity (Wildman–Crippen MR) is 77.4 cm³/mol. The first kappa shape index (κ1) is 17.0. The van der Waals surface area contributed by atoms with E-state index in [0.29, 0.717) is 11.8 Å². The Kier molecular flexibility index (Phi) is 8.51. The fourth-order valence-electron chi connectivity index (χ4n) is 1.66. The van der Waals surface area contributed by atoms with E-state index in [4.69, 9.17) is 14.8 Å². The van der Waals surface area contributed by atoms with Crippen molar-refractivity contribution < 1.29 is 14.8 Å². The van der Waals surface area contributed by atoms with Gasteiger partial charge in [-0.3, -0.25) is 0 Å². The van der Waals surface area contributed by atoms with E-state index in [-0.39, 0.29) is 0 Å². The molecule has 0 saturated heterocycles. The van der Waals surface area contributed by atoms with Gasteiger partial charge in [-0.15, -0.1) is 0 Å². The highest BCUT2D eigenvalue weighted by molar-refractivity contribution is 6.13. The van der Waals surface area contributed by atoms with E-state index in [0.717, 1.165) is 12.4 Å². The molecule has 18 heavy (non-hydrogen) atoms. The highest BCUT2D eigenvalue weighted by atomic mass is 16.5. The maximum atomic E-state index is 7.12. The van der Waals surface area contributed by atoms with Crippen LogP contribution in [-0.4, -0.2) is 24.3 Å². The fraction of sp³-hybridized carbons (Fsp3) is 0.571. The average Bonchev–Trinajstić information content (AvgIpc) is 2.30. The zero-order valence-electron chi connectivity index (χ0n) is 12.1. The van der Waals surface area contributed by atoms with Gasteiger partial charge in [0, 0.05) is 0 Å². The van der Waals surface area contributed by atoms with Crippen molar-refractivity contribution in [1.82, 2.24) is 0 Å². The summed E-state index contributed by atoms with van der Waals surface area (Å²) in [4.78, 5) is 0. The second-order valence-electron chi connectivity index (χ2n) is 4.68. The standard InChI is InChI=1S/C14H22O.BH3O2/c1-6-15-14-8-7-12(10(2)3)9-13(14)11(4)5;2-1-3/h7-11H,6H2,1-5H3;1-3H. The molecule has 0 heterocycles. The van der Waals surface area contributed by atoms with E-state index in [9.17, 15) is 0 Å². The Hall–Kier alpha value is -0.995. The Bertz CT molecular complexity index is 338. The number of ether oxygens (including phenoxy) is 1. The highest BCUT2D eigenvalue weighted by Crippen LogP contribution is 2.29. The summed E-state index contributed by atoms with van der Waals surface area (Å²) in [6.45, 7) is 11.6. The van der Waals surface area contributed by atoms with Crippen LogP contribution in [0.4, 0.5) is 0 Å². The monoisotopic (exact) mass is 252 g/mol. The van der Waals surface area contributed by atoms with Crippen molar-refractivity contribution >= 4 is 7.69 Å². The smallest absolute Gasteiger partial charge is 0.432 e. The Morgan fingerprint density at radius 1 is 1.11 bits per heavy atom. The average molecular weight is 252 g/mol. The van der Waals surface area contributed by atoms with E-state index < -0.39 is 7.69 Å². The molecular formula is C14H25BO3. The van der Waals surface area contributed by atoms with Gasteiger partial charge in [-0.1, -0.05) is 39.8 Å². The van der Waals surface area contributed by atoms with Gasteiger partial charge in [-0.05, 0) is 36.0 Å². The summed E-state index contributed by atoms with van der Waals surface area (Å²) in [6, 6.07) is 6.55. The van der Waals surface area contributed by atoms with Gasteiger partial charge in [-0.2, -0.15) is 0 Å². The van der Waals surface area contributed by atoms with Crippen molar-refractivity contribution in [2.45, 2.75) is 46.5 Å². The molecule has 102 valence electrons.